The fraction of sp³-hybridized carbons (Fsp3) is 0.579. The molecule has 1 aromatic rings. The summed E-state index contributed by atoms with van der Waals surface area (Å²) in [6, 6.07) is 6.62. The lowest BCUT2D eigenvalue weighted by Gasteiger charge is -2.44. The first kappa shape index (κ1) is 20.3. The number of hydrogen-bond acceptors (Lipinski definition) is 4. The van der Waals surface area contributed by atoms with Crippen LogP contribution in [0, 0.1) is 5.41 Å². The Morgan fingerprint density at radius 3 is 2.12 bits per heavy atom. The molecule has 1 aliphatic rings. The van der Waals surface area contributed by atoms with Crippen molar-refractivity contribution in [3.8, 4) is 0 Å². The minimum Gasteiger partial charge on any atom is -0.465 e. The molecule has 1 unspecified atom stereocenters. The van der Waals surface area contributed by atoms with Crippen molar-refractivity contribution in [1.82, 2.24) is 0 Å². The van der Waals surface area contributed by atoms with Gasteiger partial charge in [-0.25, -0.2) is 0 Å². The molecule has 1 aliphatic carbocycles. The lowest BCUT2D eigenvalue weighted by molar-refractivity contribution is -0.180. The van der Waals surface area contributed by atoms with Crippen molar-refractivity contribution < 1.29 is 32.2 Å². The summed E-state index contributed by atoms with van der Waals surface area (Å²) in [5.41, 5.74) is -2.18. The molecule has 0 heterocycles. The summed E-state index contributed by atoms with van der Waals surface area (Å²) < 4.78 is 50.0. The number of hydrogen-bond donors (Lipinski definition) is 0. The molecule has 0 saturated carbocycles. The van der Waals surface area contributed by atoms with Crippen LogP contribution in [-0.4, -0.2) is 31.3 Å². The molecule has 0 spiro atoms. The molecular weight excluding hydrogens is 349 g/mol. The van der Waals surface area contributed by atoms with Crippen molar-refractivity contribution in [2.24, 2.45) is 5.41 Å². The van der Waals surface area contributed by atoms with Crippen LogP contribution < -0.4 is 0 Å². The summed E-state index contributed by atoms with van der Waals surface area (Å²) in [6.45, 7) is 4.66. The molecule has 4 nitrogen and oxygen atoms in total. The molecule has 0 saturated heterocycles. The maximum atomic E-state index is 13.3. The Kier molecular flexibility index (Phi) is 5.68. The van der Waals surface area contributed by atoms with Gasteiger partial charge in [-0.15, -0.1) is 0 Å². The highest BCUT2D eigenvalue weighted by Crippen LogP contribution is 2.51. The predicted octanol–water partition coefficient (Wildman–Crippen LogP) is 3.96. The first-order chi connectivity index (χ1) is 12.1. The molecule has 26 heavy (non-hydrogen) atoms. The van der Waals surface area contributed by atoms with Gasteiger partial charge < -0.3 is 9.47 Å². The summed E-state index contributed by atoms with van der Waals surface area (Å²) in [4.78, 5) is 25.4. The van der Waals surface area contributed by atoms with Crippen molar-refractivity contribution in [3.05, 3.63) is 35.4 Å². The second-order valence-electron chi connectivity index (χ2n) is 6.89. The Morgan fingerprint density at radius 1 is 1.08 bits per heavy atom. The van der Waals surface area contributed by atoms with Crippen LogP contribution in [0.25, 0.3) is 0 Å². The SMILES string of the molecule is CCOC(=O)C1(C(=O)OCC)Cc2ccccc2C(C)(CC(F)(F)F)C1. The number of ether oxygens (including phenoxy) is 2. The normalized spacial score (nSPS) is 21.6. The molecule has 144 valence electrons. The molecule has 0 fully saturated rings. The minimum absolute atomic E-state index is 0.0254. The fourth-order valence-corrected chi connectivity index (χ4v) is 3.92. The van der Waals surface area contributed by atoms with E-state index in [1.807, 2.05) is 0 Å². The van der Waals surface area contributed by atoms with Crippen molar-refractivity contribution in [2.45, 2.75) is 51.6 Å². The van der Waals surface area contributed by atoms with E-state index in [0.29, 0.717) is 11.1 Å². The fourth-order valence-electron chi connectivity index (χ4n) is 3.92. The van der Waals surface area contributed by atoms with Gasteiger partial charge in [0.25, 0.3) is 0 Å². The molecule has 7 heteroatoms. The van der Waals surface area contributed by atoms with Gasteiger partial charge in [0.05, 0.1) is 19.6 Å². The van der Waals surface area contributed by atoms with Crippen LogP contribution in [-0.2, 0) is 30.9 Å². The molecule has 2 rings (SSSR count). The Hall–Kier alpha value is -2.05. The van der Waals surface area contributed by atoms with Crippen molar-refractivity contribution in [2.75, 3.05) is 13.2 Å². The van der Waals surface area contributed by atoms with Gasteiger partial charge in [-0.05, 0) is 37.8 Å². The number of benzene rings is 1. The average Bonchev–Trinajstić information content (AvgIpc) is 2.53. The topological polar surface area (TPSA) is 52.6 Å². The monoisotopic (exact) mass is 372 g/mol. The Balaban J connectivity index is 2.61. The number of rotatable bonds is 5. The van der Waals surface area contributed by atoms with Crippen LogP contribution in [0.1, 0.15) is 44.7 Å². The van der Waals surface area contributed by atoms with E-state index in [1.54, 1.807) is 38.1 Å². The zero-order valence-corrected chi connectivity index (χ0v) is 15.1. The third kappa shape index (κ3) is 3.86. The minimum atomic E-state index is -4.45. The van der Waals surface area contributed by atoms with Gasteiger partial charge in [-0.1, -0.05) is 31.2 Å². The molecule has 1 aromatic carbocycles. The second-order valence-corrected chi connectivity index (χ2v) is 6.89. The Morgan fingerprint density at radius 2 is 1.62 bits per heavy atom. The van der Waals surface area contributed by atoms with Crippen LogP contribution in [0.5, 0.6) is 0 Å². The largest absolute Gasteiger partial charge is 0.465 e. The number of carbonyl (C=O) groups excluding carboxylic acids is 2. The molecule has 0 radical (unpaired) electrons. The first-order valence-electron chi connectivity index (χ1n) is 8.57. The number of fused-ring (bicyclic) bond motifs is 1. The van der Waals surface area contributed by atoms with Crippen LogP contribution in [0.2, 0.25) is 0 Å². The van der Waals surface area contributed by atoms with Crippen LogP contribution >= 0.6 is 0 Å². The number of halogens is 3. The molecular formula is C19H23F3O4. The number of carbonyl (C=O) groups is 2. The van der Waals surface area contributed by atoms with E-state index >= 15 is 0 Å². The van der Waals surface area contributed by atoms with E-state index in [9.17, 15) is 22.8 Å². The highest BCUT2D eigenvalue weighted by Gasteiger charge is 2.58. The summed E-state index contributed by atoms with van der Waals surface area (Å²) in [5.74, 6) is -1.66. The summed E-state index contributed by atoms with van der Waals surface area (Å²) in [6.07, 6.45) is -5.94. The number of alkyl halides is 3. The van der Waals surface area contributed by atoms with Crippen molar-refractivity contribution in [3.63, 3.8) is 0 Å². The summed E-state index contributed by atoms with van der Waals surface area (Å²) >= 11 is 0. The van der Waals surface area contributed by atoms with Gasteiger partial charge in [0.15, 0.2) is 5.41 Å². The van der Waals surface area contributed by atoms with Crippen LogP contribution in [0.4, 0.5) is 13.2 Å². The maximum absolute atomic E-state index is 13.3. The molecule has 0 bridgehead atoms. The van der Waals surface area contributed by atoms with Crippen molar-refractivity contribution in [1.29, 1.82) is 0 Å². The third-order valence-electron chi connectivity index (χ3n) is 4.77. The molecule has 0 aromatic heterocycles. The van der Waals surface area contributed by atoms with E-state index < -0.39 is 35.4 Å². The Bertz CT molecular complexity index is 666. The highest BCUT2D eigenvalue weighted by atomic mass is 19.4. The van der Waals surface area contributed by atoms with Crippen molar-refractivity contribution >= 4 is 11.9 Å². The van der Waals surface area contributed by atoms with E-state index in [-0.39, 0.29) is 26.1 Å². The standard InChI is InChI=1S/C19H23F3O4/c1-4-25-15(23)18(16(24)26-5-2)10-13-8-6-7-9-14(13)17(3,11-18)12-19(20,21)22/h6-9H,4-5,10-12H2,1-3H3. The maximum Gasteiger partial charge on any atom is 0.389 e. The van der Waals surface area contributed by atoms with Gasteiger partial charge in [0, 0.05) is 5.41 Å². The smallest absolute Gasteiger partial charge is 0.389 e. The van der Waals surface area contributed by atoms with Gasteiger partial charge in [0.1, 0.15) is 0 Å². The van der Waals surface area contributed by atoms with Gasteiger partial charge in [0.2, 0.25) is 0 Å². The lowest BCUT2D eigenvalue weighted by atomic mass is 9.59. The number of esters is 2. The van der Waals surface area contributed by atoms with Gasteiger partial charge >= 0.3 is 18.1 Å². The van der Waals surface area contributed by atoms with Crippen LogP contribution in [0.3, 0.4) is 0 Å². The van der Waals surface area contributed by atoms with E-state index in [2.05, 4.69) is 0 Å². The zero-order valence-electron chi connectivity index (χ0n) is 15.1. The zero-order chi connectivity index (χ0) is 19.6. The highest BCUT2D eigenvalue weighted by molar-refractivity contribution is 6.01. The molecule has 0 N–H and O–H groups in total. The first-order valence-corrected chi connectivity index (χ1v) is 8.57. The van der Waals surface area contributed by atoms with Gasteiger partial charge in [-0.2, -0.15) is 13.2 Å². The second kappa shape index (κ2) is 7.29. The quantitative estimate of drug-likeness (QED) is 0.580. The van der Waals surface area contributed by atoms with E-state index in [1.165, 1.54) is 6.92 Å². The lowest BCUT2D eigenvalue weighted by Crippen LogP contribution is -2.52. The van der Waals surface area contributed by atoms with E-state index in [4.69, 9.17) is 9.47 Å². The van der Waals surface area contributed by atoms with Gasteiger partial charge in [-0.3, -0.25) is 9.59 Å². The molecule has 1 atom stereocenters. The summed E-state index contributed by atoms with van der Waals surface area (Å²) in [5, 5.41) is 0. The van der Waals surface area contributed by atoms with Crippen LogP contribution in [0.15, 0.2) is 24.3 Å². The predicted molar refractivity (Wildman–Crippen MR) is 88.5 cm³/mol. The summed E-state index contributed by atoms with van der Waals surface area (Å²) in [7, 11) is 0. The molecule has 0 amide bonds. The third-order valence-corrected chi connectivity index (χ3v) is 4.77. The molecule has 0 aliphatic heterocycles. The average molecular weight is 372 g/mol. The van der Waals surface area contributed by atoms with E-state index in [0.717, 1.165) is 0 Å². The Labute approximate surface area is 150 Å².